The molecule has 0 N–H and O–H groups in total. The molecule has 2 atom stereocenters. The second-order valence-electron chi connectivity index (χ2n) is 13.4. The number of carbonyl (C=O) groups is 1. The zero-order chi connectivity index (χ0) is 36.2. The quantitative estimate of drug-likeness (QED) is 0.0803. The molecule has 0 saturated carbocycles. The summed E-state index contributed by atoms with van der Waals surface area (Å²) < 4.78 is 37.9. The summed E-state index contributed by atoms with van der Waals surface area (Å²) in [6, 6.07) is 6.84. The fraction of sp³-hybridized carbons (Fsp3) is 0.475. The van der Waals surface area contributed by atoms with E-state index in [-0.39, 0.29) is 23.8 Å². The third-order valence-corrected chi connectivity index (χ3v) is 8.43. The van der Waals surface area contributed by atoms with E-state index in [9.17, 15) is 13.6 Å². The molecule has 1 aliphatic heterocycles. The number of aryl methyl sites for hydroxylation is 1. The van der Waals surface area contributed by atoms with E-state index in [1.54, 1.807) is 23.2 Å². The summed E-state index contributed by atoms with van der Waals surface area (Å²) >= 11 is 0. The second-order valence-corrected chi connectivity index (χ2v) is 13.4. The molecule has 2 unspecified atom stereocenters. The summed E-state index contributed by atoms with van der Waals surface area (Å²) in [7, 11) is 0. The van der Waals surface area contributed by atoms with Gasteiger partial charge in [-0.3, -0.25) is 9.98 Å². The number of hydrogen-bond donors (Lipinski definition) is 0. The van der Waals surface area contributed by atoms with Crippen molar-refractivity contribution in [3.63, 3.8) is 0 Å². The minimum atomic E-state index is -3.43. The van der Waals surface area contributed by atoms with Crippen LogP contribution in [0.25, 0.3) is 0 Å². The van der Waals surface area contributed by atoms with Gasteiger partial charge in [0.05, 0.1) is 5.71 Å². The van der Waals surface area contributed by atoms with Gasteiger partial charge in [0.1, 0.15) is 11.4 Å². The minimum absolute atomic E-state index is 0.0295. The molecule has 1 heterocycles. The molecule has 1 aromatic carbocycles. The SMILES string of the molecule is C=CN=C(CCCCc1cccc(OC(F)(F)C=C)c1)C(/C(=C\C)C(=N\C=C/C)/C1C=CC1)=C(\C)N1CCN(C(=O)OC(C)(C)C)CC1C. The minimum Gasteiger partial charge on any atom is -0.444 e. The van der Waals surface area contributed by atoms with Gasteiger partial charge in [0.25, 0.3) is 0 Å². The second kappa shape index (κ2) is 17.9. The number of hydrogen-bond acceptors (Lipinski definition) is 6. The van der Waals surface area contributed by atoms with E-state index in [0.29, 0.717) is 38.6 Å². The van der Waals surface area contributed by atoms with Crippen molar-refractivity contribution in [2.45, 2.75) is 98.3 Å². The predicted octanol–water partition coefficient (Wildman–Crippen LogP) is 9.85. The van der Waals surface area contributed by atoms with Crippen molar-refractivity contribution >= 4 is 17.5 Å². The Kier molecular flexibility index (Phi) is 14.3. The Hall–Kier alpha value is -4.27. The number of ether oxygens (including phenoxy) is 2. The van der Waals surface area contributed by atoms with E-state index in [4.69, 9.17) is 19.5 Å². The van der Waals surface area contributed by atoms with Crippen molar-refractivity contribution in [2.24, 2.45) is 15.9 Å². The molecular formula is C40H54F2N4O3. The van der Waals surface area contributed by atoms with Crippen LogP contribution in [-0.2, 0) is 11.2 Å². The van der Waals surface area contributed by atoms with Crippen molar-refractivity contribution in [3.05, 3.63) is 103 Å². The van der Waals surface area contributed by atoms with Gasteiger partial charge in [-0.15, -0.1) is 0 Å². The monoisotopic (exact) mass is 676 g/mol. The summed E-state index contributed by atoms with van der Waals surface area (Å²) in [5.74, 6) is 0.299. The average molecular weight is 677 g/mol. The van der Waals surface area contributed by atoms with Crippen LogP contribution in [-0.4, -0.2) is 64.7 Å². The van der Waals surface area contributed by atoms with Crippen molar-refractivity contribution in [1.82, 2.24) is 9.80 Å². The molecule has 1 amide bonds. The van der Waals surface area contributed by atoms with Crippen LogP contribution < -0.4 is 4.74 Å². The molecular weight excluding hydrogens is 622 g/mol. The van der Waals surface area contributed by atoms with Crippen LogP contribution in [0.5, 0.6) is 5.75 Å². The first-order valence-electron chi connectivity index (χ1n) is 17.2. The van der Waals surface area contributed by atoms with Crippen LogP contribution in [0.3, 0.4) is 0 Å². The van der Waals surface area contributed by atoms with Gasteiger partial charge in [0, 0.05) is 72.6 Å². The lowest BCUT2D eigenvalue weighted by molar-refractivity contribution is -0.131. The van der Waals surface area contributed by atoms with E-state index < -0.39 is 11.7 Å². The van der Waals surface area contributed by atoms with Gasteiger partial charge in [0.15, 0.2) is 0 Å². The molecule has 1 fully saturated rings. The first-order valence-corrected chi connectivity index (χ1v) is 17.2. The maximum Gasteiger partial charge on any atom is 0.419 e. The number of piperazine rings is 1. The van der Waals surface area contributed by atoms with Crippen molar-refractivity contribution in [1.29, 1.82) is 0 Å². The molecule has 7 nitrogen and oxygen atoms in total. The largest absolute Gasteiger partial charge is 0.444 e. The number of rotatable bonds is 15. The molecule has 0 aromatic heterocycles. The number of halogens is 2. The van der Waals surface area contributed by atoms with E-state index in [1.165, 1.54) is 6.07 Å². The number of alkyl halides is 2. The van der Waals surface area contributed by atoms with E-state index in [0.717, 1.165) is 53.1 Å². The Labute approximate surface area is 292 Å². The average Bonchev–Trinajstić information content (AvgIpc) is 3.01. The zero-order valence-corrected chi connectivity index (χ0v) is 30.3. The number of benzene rings is 1. The van der Waals surface area contributed by atoms with Gasteiger partial charge in [-0.2, -0.15) is 8.78 Å². The Morgan fingerprint density at radius 2 is 1.86 bits per heavy atom. The third-order valence-electron chi connectivity index (χ3n) is 8.43. The molecule has 1 aliphatic carbocycles. The first-order chi connectivity index (χ1) is 23.2. The lowest BCUT2D eigenvalue weighted by atomic mass is 9.81. The molecule has 266 valence electrons. The summed E-state index contributed by atoms with van der Waals surface area (Å²) in [6.07, 6.45) is 12.5. The van der Waals surface area contributed by atoms with Crippen molar-refractivity contribution < 1.29 is 23.0 Å². The molecule has 2 aliphatic rings. The van der Waals surface area contributed by atoms with Crippen LogP contribution in [0.2, 0.25) is 0 Å². The molecule has 1 aromatic rings. The van der Waals surface area contributed by atoms with Gasteiger partial charge in [0.2, 0.25) is 0 Å². The number of carbonyl (C=O) groups excluding carboxylic acids is 1. The third kappa shape index (κ3) is 11.4. The number of nitrogens with zero attached hydrogens (tertiary/aromatic N) is 4. The number of allylic oxidation sites excluding steroid dienone is 7. The molecule has 49 heavy (non-hydrogen) atoms. The van der Waals surface area contributed by atoms with E-state index >= 15 is 0 Å². The van der Waals surface area contributed by atoms with Gasteiger partial charge < -0.3 is 19.3 Å². The lowest BCUT2D eigenvalue weighted by Crippen LogP contribution is -2.54. The maximum atomic E-state index is 13.7. The van der Waals surface area contributed by atoms with Crippen LogP contribution in [0.1, 0.15) is 79.7 Å². The highest BCUT2D eigenvalue weighted by molar-refractivity contribution is 6.18. The first kappa shape index (κ1) is 39.2. The molecule has 1 saturated heterocycles. The summed E-state index contributed by atoms with van der Waals surface area (Å²) in [5.41, 5.74) is 5.35. The van der Waals surface area contributed by atoms with Crippen molar-refractivity contribution in [3.8, 4) is 5.75 Å². The smallest absolute Gasteiger partial charge is 0.419 e. The van der Waals surface area contributed by atoms with Gasteiger partial charge in [-0.05, 0) is 98.3 Å². The van der Waals surface area contributed by atoms with E-state index in [1.807, 2.05) is 53.0 Å². The molecule has 0 bridgehead atoms. The fourth-order valence-corrected chi connectivity index (χ4v) is 6.02. The number of aliphatic imine (C=N–C) groups is 2. The van der Waals surface area contributed by atoms with Crippen LogP contribution >= 0.6 is 0 Å². The zero-order valence-electron chi connectivity index (χ0n) is 30.3. The molecule has 3 rings (SSSR count). The Bertz CT molecular complexity index is 1510. The van der Waals surface area contributed by atoms with Crippen LogP contribution in [0.4, 0.5) is 13.6 Å². The van der Waals surface area contributed by atoms with Gasteiger partial charge in [-0.1, -0.05) is 49.6 Å². The predicted molar refractivity (Wildman–Crippen MR) is 197 cm³/mol. The highest BCUT2D eigenvalue weighted by Gasteiger charge is 2.33. The maximum absolute atomic E-state index is 13.7. The lowest BCUT2D eigenvalue weighted by Gasteiger charge is -2.43. The highest BCUT2D eigenvalue weighted by atomic mass is 19.3. The molecule has 0 spiro atoms. The highest BCUT2D eigenvalue weighted by Crippen LogP contribution is 2.33. The number of unbranched alkanes of at least 4 members (excludes halogenated alkanes) is 1. The molecule has 0 radical (unpaired) electrons. The molecule has 9 heteroatoms. The topological polar surface area (TPSA) is 66.7 Å². The van der Waals surface area contributed by atoms with Crippen LogP contribution in [0.15, 0.2) is 107 Å². The van der Waals surface area contributed by atoms with Crippen molar-refractivity contribution in [2.75, 3.05) is 19.6 Å². The van der Waals surface area contributed by atoms with Gasteiger partial charge in [-0.25, -0.2) is 4.79 Å². The fourth-order valence-electron chi connectivity index (χ4n) is 6.02. The Balaban J connectivity index is 1.93. The summed E-state index contributed by atoms with van der Waals surface area (Å²) in [5, 5.41) is 0. The normalized spacial score (nSPS) is 19.8. The summed E-state index contributed by atoms with van der Waals surface area (Å²) in [6.45, 7) is 22.7. The standard InChI is InChI=1S/C40H54F2N4O3/c1-10-24-44-37(32-20-17-21-32)34(11-2)36(30(6)46-26-25-45(28-29(46)5)38(47)49-39(7,8)9)35(43-13-4)23-15-14-18-31-19-16-22-33(27-31)48-40(41,42)12-3/h10-13,16-17,19-20,22,24,27,29,32H,3-4,14-15,18,21,23,25-26,28H2,1-2,5-9H3/b24-10-,34-11+,36-30+,43-35?,44-37-. The Morgan fingerprint density at radius 1 is 1.12 bits per heavy atom. The summed E-state index contributed by atoms with van der Waals surface area (Å²) in [4.78, 5) is 26.9. The van der Waals surface area contributed by atoms with Crippen LogP contribution in [0, 0.1) is 5.92 Å². The van der Waals surface area contributed by atoms with E-state index in [2.05, 4.69) is 50.1 Å². The number of amides is 1. The Morgan fingerprint density at radius 3 is 2.43 bits per heavy atom. The van der Waals surface area contributed by atoms with Gasteiger partial charge >= 0.3 is 12.2 Å².